The van der Waals surface area contributed by atoms with Gasteiger partial charge in [-0.05, 0) is 43.0 Å². The first-order chi connectivity index (χ1) is 10.7. The third kappa shape index (κ3) is 2.91. The van der Waals surface area contributed by atoms with Gasteiger partial charge in [-0.15, -0.1) is 11.3 Å². The lowest BCUT2D eigenvalue weighted by atomic mass is 9.79. The molecule has 3 rings (SSSR count). The Balaban J connectivity index is 1.91. The van der Waals surface area contributed by atoms with E-state index >= 15 is 0 Å². The van der Waals surface area contributed by atoms with E-state index in [4.69, 9.17) is 4.74 Å². The van der Waals surface area contributed by atoms with Gasteiger partial charge >= 0.3 is 5.97 Å². The van der Waals surface area contributed by atoms with Crippen LogP contribution in [0.2, 0.25) is 0 Å². The third-order valence-corrected chi connectivity index (χ3v) is 5.84. The van der Waals surface area contributed by atoms with Crippen LogP contribution in [0, 0.1) is 5.92 Å². The molecule has 5 heteroatoms. The third-order valence-electron chi connectivity index (χ3n) is 4.96. The second-order valence-corrected chi connectivity index (χ2v) is 7.16. The molecule has 1 aliphatic carbocycles. The van der Waals surface area contributed by atoms with Crippen LogP contribution in [0.15, 0.2) is 11.4 Å². The van der Waals surface area contributed by atoms with Crippen molar-refractivity contribution in [3.8, 4) is 0 Å². The minimum atomic E-state index is -0.342. The van der Waals surface area contributed by atoms with Crippen LogP contribution < -0.4 is 4.90 Å². The molecule has 1 unspecified atom stereocenters. The minimum Gasteiger partial charge on any atom is -0.465 e. The Morgan fingerprint density at radius 3 is 2.73 bits per heavy atom. The first-order valence-electron chi connectivity index (χ1n) is 8.20. The molecule has 0 spiro atoms. The topological polar surface area (TPSA) is 46.6 Å². The highest BCUT2D eigenvalue weighted by atomic mass is 32.1. The summed E-state index contributed by atoms with van der Waals surface area (Å²) in [6, 6.07) is 2.15. The number of esters is 1. The van der Waals surface area contributed by atoms with Crippen molar-refractivity contribution in [2.75, 3.05) is 12.0 Å². The fourth-order valence-corrected chi connectivity index (χ4v) is 4.71. The maximum atomic E-state index is 12.6. The maximum Gasteiger partial charge on any atom is 0.350 e. The fraction of sp³-hybridized carbons (Fsp3) is 0.647. The second-order valence-electron chi connectivity index (χ2n) is 6.25. The molecule has 4 nitrogen and oxygen atoms in total. The number of ether oxygens (including phenoxy) is 1. The molecular formula is C17H23NO3S. The summed E-state index contributed by atoms with van der Waals surface area (Å²) in [5.41, 5.74) is 0.761. The van der Waals surface area contributed by atoms with Gasteiger partial charge in [0, 0.05) is 12.5 Å². The molecule has 0 bridgehead atoms. The molecule has 0 N–H and O–H groups in total. The molecule has 120 valence electrons. The summed E-state index contributed by atoms with van der Waals surface area (Å²) < 4.78 is 4.88. The standard InChI is InChI=1S/C17H23NO3S/c1-21-17(20)16-14(10-11-22-16)18-13(8-5-9-15(18)19)12-6-3-2-4-7-12/h10-13H,2-9H2,1H3. The van der Waals surface area contributed by atoms with Crippen LogP contribution in [0.4, 0.5) is 5.69 Å². The van der Waals surface area contributed by atoms with Gasteiger partial charge in [0.2, 0.25) is 5.91 Å². The van der Waals surface area contributed by atoms with Gasteiger partial charge in [0.15, 0.2) is 0 Å². The van der Waals surface area contributed by atoms with E-state index in [0.29, 0.717) is 17.2 Å². The lowest BCUT2D eigenvalue weighted by Gasteiger charge is -2.41. The van der Waals surface area contributed by atoms with Crippen molar-refractivity contribution in [3.05, 3.63) is 16.3 Å². The molecule has 2 aliphatic rings. The Morgan fingerprint density at radius 2 is 2.00 bits per heavy atom. The fourth-order valence-electron chi connectivity index (χ4n) is 3.91. The smallest absolute Gasteiger partial charge is 0.350 e. The van der Waals surface area contributed by atoms with E-state index in [1.807, 2.05) is 16.3 Å². The molecule has 2 fully saturated rings. The number of thiophene rings is 1. The van der Waals surface area contributed by atoms with Gasteiger partial charge < -0.3 is 9.64 Å². The van der Waals surface area contributed by atoms with Gasteiger partial charge in [-0.3, -0.25) is 4.79 Å². The summed E-state index contributed by atoms with van der Waals surface area (Å²) >= 11 is 1.36. The molecule has 1 aromatic rings. The first kappa shape index (κ1) is 15.5. The number of carbonyl (C=O) groups is 2. The number of hydrogen-bond donors (Lipinski definition) is 0. The average Bonchev–Trinajstić information content (AvgIpc) is 3.04. The van der Waals surface area contributed by atoms with Crippen LogP contribution in [0.25, 0.3) is 0 Å². The summed E-state index contributed by atoms with van der Waals surface area (Å²) in [4.78, 5) is 27.0. The molecule has 22 heavy (non-hydrogen) atoms. The van der Waals surface area contributed by atoms with Gasteiger partial charge in [0.25, 0.3) is 0 Å². The predicted octanol–water partition coefficient (Wildman–Crippen LogP) is 4.00. The van der Waals surface area contributed by atoms with Crippen LogP contribution >= 0.6 is 11.3 Å². The Morgan fingerprint density at radius 1 is 1.23 bits per heavy atom. The lowest BCUT2D eigenvalue weighted by molar-refractivity contribution is -0.120. The van der Waals surface area contributed by atoms with Gasteiger partial charge in [-0.2, -0.15) is 0 Å². The van der Waals surface area contributed by atoms with Crippen molar-refractivity contribution >= 4 is 28.9 Å². The quantitative estimate of drug-likeness (QED) is 0.791. The largest absolute Gasteiger partial charge is 0.465 e. The van der Waals surface area contributed by atoms with Crippen LogP contribution in [-0.2, 0) is 9.53 Å². The molecule has 1 aliphatic heterocycles. The van der Waals surface area contributed by atoms with Crippen molar-refractivity contribution in [2.24, 2.45) is 5.92 Å². The lowest BCUT2D eigenvalue weighted by Crippen LogP contribution is -2.48. The van der Waals surface area contributed by atoms with E-state index in [2.05, 4.69) is 0 Å². The second kappa shape index (κ2) is 6.82. The van der Waals surface area contributed by atoms with Crippen molar-refractivity contribution < 1.29 is 14.3 Å². The summed E-state index contributed by atoms with van der Waals surface area (Å²) in [5.74, 6) is 0.388. The van der Waals surface area contributed by atoms with Gasteiger partial charge in [0.1, 0.15) is 4.88 Å². The van der Waals surface area contributed by atoms with E-state index in [1.165, 1.54) is 50.6 Å². The number of piperidine rings is 1. The van der Waals surface area contributed by atoms with Crippen LogP contribution in [0.1, 0.15) is 61.0 Å². The molecular weight excluding hydrogens is 298 g/mol. The molecule has 1 amide bonds. The molecule has 1 atom stereocenters. The molecule has 1 aromatic heterocycles. The summed E-state index contributed by atoms with van der Waals surface area (Å²) in [6.07, 6.45) is 8.83. The zero-order valence-corrected chi connectivity index (χ0v) is 13.9. The zero-order chi connectivity index (χ0) is 15.5. The van der Waals surface area contributed by atoms with Crippen LogP contribution in [0.3, 0.4) is 0 Å². The highest BCUT2D eigenvalue weighted by Gasteiger charge is 2.37. The zero-order valence-electron chi connectivity index (χ0n) is 13.0. The average molecular weight is 321 g/mol. The normalized spacial score (nSPS) is 23.6. The number of methoxy groups -OCH3 is 1. The Kier molecular flexibility index (Phi) is 4.81. The van der Waals surface area contributed by atoms with Crippen LogP contribution in [0.5, 0.6) is 0 Å². The Labute approximate surface area is 135 Å². The summed E-state index contributed by atoms with van der Waals surface area (Å²) in [6.45, 7) is 0. The maximum absolute atomic E-state index is 12.6. The van der Waals surface area contributed by atoms with E-state index < -0.39 is 0 Å². The van der Waals surface area contributed by atoms with E-state index in [-0.39, 0.29) is 17.9 Å². The highest BCUT2D eigenvalue weighted by Crippen LogP contribution is 2.39. The van der Waals surface area contributed by atoms with Gasteiger partial charge in [-0.1, -0.05) is 19.3 Å². The van der Waals surface area contributed by atoms with E-state index in [1.54, 1.807) is 0 Å². The van der Waals surface area contributed by atoms with Crippen molar-refractivity contribution in [2.45, 2.75) is 57.4 Å². The number of nitrogens with zero attached hydrogens (tertiary/aromatic N) is 1. The Bertz CT molecular complexity index is 548. The molecule has 1 saturated heterocycles. The number of amides is 1. The van der Waals surface area contributed by atoms with E-state index in [0.717, 1.165) is 18.5 Å². The summed E-state index contributed by atoms with van der Waals surface area (Å²) in [7, 11) is 1.39. The van der Waals surface area contributed by atoms with Gasteiger partial charge in [-0.25, -0.2) is 4.79 Å². The van der Waals surface area contributed by atoms with E-state index in [9.17, 15) is 9.59 Å². The van der Waals surface area contributed by atoms with Gasteiger partial charge in [0.05, 0.1) is 12.8 Å². The SMILES string of the molecule is COC(=O)c1sccc1N1C(=O)CCCC1C1CCCCC1. The summed E-state index contributed by atoms with van der Waals surface area (Å²) in [5, 5.41) is 1.88. The van der Waals surface area contributed by atoms with Crippen molar-refractivity contribution in [1.29, 1.82) is 0 Å². The molecule has 0 aromatic carbocycles. The monoisotopic (exact) mass is 321 g/mol. The van der Waals surface area contributed by atoms with Crippen molar-refractivity contribution in [1.82, 2.24) is 0 Å². The Hall–Kier alpha value is -1.36. The first-order valence-corrected chi connectivity index (χ1v) is 9.08. The number of carbonyl (C=O) groups excluding carboxylic acids is 2. The molecule has 1 saturated carbocycles. The minimum absolute atomic E-state index is 0.158. The van der Waals surface area contributed by atoms with Crippen molar-refractivity contribution in [3.63, 3.8) is 0 Å². The number of rotatable bonds is 3. The number of anilines is 1. The van der Waals surface area contributed by atoms with Crippen LogP contribution in [-0.4, -0.2) is 25.0 Å². The number of hydrogen-bond acceptors (Lipinski definition) is 4. The molecule has 0 radical (unpaired) electrons. The molecule has 2 heterocycles. The predicted molar refractivity (Wildman–Crippen MR) is 87.4 cm³/mol. The highest BCUT2D eigenvalue weighted by molar-refractivity contribution is 7.12.